The maximum absolute atomic E-state index is 12.5. The zero-order valence-electron chi connectivity index (χ0n) is 15.4. The van der Waals surface area contributed by atoms with Crippen LogP contribution >= 0.6 is 23.2 Å². The molecule has 0 aliphatic heterocycles. The lowest BCUT2D eigenvalue weighted by atomic mass is 10.1. The van der Waals surface area contributed by atoms with Gasteiger partial charge in [0.15, 0.2) is 5.82 Å². The summed E-state index contributed by atoms with van der Waals surface area (Å²) in [5.74, 6) is 0.115. The van der Waals surface area contributed by atoms with Crippen LogP contribution in [0.5, 0.6) is 0 Å². The molecule has 0 aliphatic rings. The summed E-state index contributed by atoms with van der Waals surface area (Å²) in [5, 5.41) is 12.9. The van der Waals surface area contributed by atoms with Crippen LogP contribution < -0.4 is 5.32 Å². The number of nitrogens with zero attached hydrogens (tertiary/aromatic N) is 4. The van der Waals surface area contributed by atoms with Crippen LogP contribution in [0.25, 0.3) is 0 Å². The van der Waals surface area contributed by atoms with Crippen molar-refractivity contribution in [2.75, 3.05) is 5.32 Å². The number of amides is 1. The van der Waals surface area contributed by atoms with Gasteiger partial charge in [-0.05, 0) is 31.5 Å². The average molecular weight is 406 g/mol. The van der Waals surface area contributed by atoms with E-state index < -0.39 is 0 Å². The molecule has 0 spiro atoms. The molecule has 8 heteroatoms. The first kappa shape index (κ1) is 19.5. The fraction of sp³-hybridized carbons (Fsp3) is 0.316. The van der Waals surface area contributed by atoms with Gasteiger partial charge in [0.05, 0.1) is 35.4 Å². The van der Waals surface area contributed by atoms with Gasteiger partial charge in [-0.15, -0.1) is 0 Å². The third-order valence-corrected chi connectivity index (χ3v) is 5.10. The van der Waals surface area contributed by atoms with E-state index in [0.717, 1.165) is 17.0 Å². The smallest absolute Gasteiger partial charge is 0.230 e. The Bertz CT molecular complexity index is 963. The highest BCUT2D eigenvalue weighted by atomic mass is 35.5. The van der Waals surface area contributed by atoms with E-state index in [2.05, 4.69) is 15.5 Å². The zero-order valence-corrected chi connectivity index (χ0v) is 16.9. The molecule has 0 bridgehead atoms. The van der Waals surface area contributed by atoms with Gasteiger partial charge < -0.3 is 5.32 Å². The number of aryl methyl sites for hydroxylation is 1. The number of carbonyl (C=O) groups is 1. The molecule has 3 aromatic rings. The number of hydrogen-bond donors (Lipinski definition) is 1. The number of anilines is 1. The van der Waals surface area contributed by atoms with Crippen LogP contribution in [0.2, 0.25) is 10.0 Å². The fourth-order valence-corrected chi connectivity index (χ4v) is 3.13. The summed E-state index contributed by atoms with van der Waals surface area (Å²) in [6.45, 7) is 6.63. The predicted octanol–water partition coefficient (Wildman–Crippen LogP) is 4.33. The molecule has 1 amide bonds. The van der Waals surface area contributed by atoms with Crippen LogP contribution in [0.3, 0.4) is 0 Å². The second-order valence-electron chi connectivity index (χ2n) is 6.59. The number of hydrogen-bond acceptors (Lipinski definition) is 3. The molecule has 6 nitrogen and oxygen atoms in total. The lowest BCUT2D eigenvalue weighted by Crippen LogP contribution is -2.25. The first-order chi connectivity index (χ1) is 12.8. The van der Waals surface area contributed by atoms with E-state index in [0.29, 0.717) is 29.0 Å². The molecule has 0 saturated heterocycles. The molecule has 1 atom stereocenters. The second-order valence-corrected chi connectivity index (χ2v) is 7.40. The van der Waals surface area contributed by atoms with Crippen molar-refractivity contribution in [1.29, 1.82) is 0 Å². The standard InChI is InChI=1S/C19H21Cl2N5O/c1-12(10-26-14(3)18(21)13(2)23-26)19(27)22-17-7-8-25(24-17)11-15-5-4-6-16(20)9-15/h4-9,12H,10-11H2,1-3H3,(H,22,24,27). The van der Waals surface area contributed by atoms with Gasteiger partial charge in [0, 0.05) is 17.3 Å². The summed E-state index contributed by atoms with van der Waals surface area (Å²) < 4.78 is 3.52. The Labute approximate surface area is 168 Å². The van der Waals surface area contributed by atoms with Gasteiger partial charge in [-0.1, -0.05) is 42.3 Å². The van der Waals surface area contributed by atoms with Gasteiger partial charge in [-0.25, -0.2) is 0 Å². The number of carbonyl (C=O) groups excluding carboxylic acids is 1. The molecule has 27 heavy (non-hydrogen) atoms. The van der Waals surface area contributed by atoms with Crippen molar-refractivity contribution in [1.82, 2.24) is 19.6 Å². The van der Waals surface area contributed by atoms with Crippen LogP contribution in [0.15, 0.2) is 36.5 Å². The first-order valence-corrected chi connectivity index (χ1v) is 9.37. The van der Waals surface area contributed by atoms with Crippen molar-refractivity contribution in [2.24, 2.45) is 5.92 Å². The molecule has 2 aromatic heterocycles. The van der Waals surface area contributed by atoms with Crippen molar-refractivity contribution in [2.45, 2.75) is 33.9 Å². The molecule has 1 unspecified atom stereocenters. The van der Waals surface area contributed by atoms with E-state index in [1.54, 1.807) is 15.4 Å². The molecule has 0 radical (unpaired) electrons. The van der Waals surface area contributed by atoms with Gasteiger partial charge in [0.2, 0.25) is 5.91 Å². The second kappa shape index (κ2) is 8.15. The van der Waals surface area contributed by atoms with Gasteiger partial charge >= 0.3 is 0 Å². The molecule has 0 aliphatic carbocycles. The Morgan fingerprint density at radius 3 is 2.67 bits per heavy atom. The molecule has 142 valence electrons. The average Bonchev–Trinajstić information content (AvgIpc) is 3.15. The normalized spacial score (nSPS) is 12.2. The van der Waals surface area contributed by atoms with E-state index in [-0.39, 0.29) is 11.8 Å². The minimum absolute atomic E-state index is 0.119. The summed E-state index contributed by atoms with van der Waals surface area (Å²) in [6.07, 6.45) is 1.82. The summed E-state index contributed by atoms with van der Waals surface area (Å²) in [5.41, 5.74) is 2.67. The third-order valence-electron chi connectivity index (χ3n) is 4.31. The fourth-order valence-electron chi connectivity index (χ4n) is 2.78. The Hall–Kier alpha value is -2.31. The van der Waals surface area contributed by atoms with E-state index in [1.807, 2.05) is 51.2 Å². The first-order valence-electron chi connectivity index (χ1n) is 8.61. The molecule has 1 aromatic carbocycles. The Balaban J connectivity index is 1.60. The van der Waals surface area contributed by atoms with E-state index in [4.69, 9.17) is 23.2 Å². The van der Waals surface area contributed by atoms with Gasteiger partial charge in [0.1, 0.15) is 0 Å². The molecule has 2 heterocycles. The monoisotopic (exact) mass is 405 g/mol. The highest BCUT2D eigenvalue weighted by Crippen LogP contribution is 2.20. The van der Waals surface area contributed by atoms with Crippen molar-refractivity contribution >= 4 is 34.9 Å². The quantitative estimate of drug-likeness (QED) is 0.663. The van der Waals surface area contributed by atoms with Crippen molar-refractivity contribution < 1.29 is 4.79 Å². The molecule has 1 N–H and O–H groups in total. The topological polar surface area (TPSA) is 64.7 Å². The summed E-state index contributed by atoms with van der Waals surface area (Å²) in [4.78, 5) is 12.5. The lowest BCUT2D eigenvalue weighted by Gasteiger charge is -2.12. The number of halogens is 2. The van der Waals surface area contributed by atoms with Gasteiger partial charge in [0.25, 0.3) is 0 Å². The largest absolute Gasteiger partial charge is 0.309 e. The van der Waals surface area contributed by atoms with Crippen LogP contribution in [-0.2, 0) is 17.9 Å². The number of benzene rings is 1. The third kappa shape index (κ3) is 4.70. The van der Waals surface area contributed by atoms with Crippen molar-refractivity contribution in [3.8, 4) is 0 Å². The lowest BCUT2D eigenvalue weighted by molar-refractivity contribution is -0.119. The predicted molar refractivity (Wildman–Crippen MR) is 107 cm³/mol. The maximum atomic E-state index is 12.5. The highest BCUT2D eigenvalue weighted by Gasteiger charge is 2.18. The van der Waals surface area contributed by atoms with Crippen LogP contribution in [0, 0.1) is 19.8 Å². The molecular formula is C19H21Cl2N5O. The molecular weight excluding hydrogens is 385 g/mol. The maximum Gasteiger partial charge on any atom is 0.230 e. The minimum Gasteiger partial charge on any atom is -0.309 e. The summed E-state index contributed by atoms with van der Waals surface area (Å²) >= 11 is 12.2. The summed E-state index contributed by atoms with van der Waals surface area (Å²) in [7, 11) is 0. The van der Waals surface area contributed by atoms with Crippen LogP contribution in [0.4, 0.5) is 5.82 Å². The number of rotatable bonds is 6. The Kier molecular flexibility index (Phi) is 5.87. The summed E-state index contributed by atoms with van der Waals surface area (Å²) in [6, 6.07) is 9.37. The van der Waals surface area contributed by atoms with Crippen LogP contribution in [-0.4, -0.2) is 25.5 Å². The molecule has 3 rings (SSSR count). The van der Waals surface area contributed by atoms with E-state index >= 15 is 0 Å². The highest BCUT2D eigenvalue weighted by molar-refractivity contribution is 6.31. The Morgan fingerprint density at radius 2 is 2.00 bits per heavy atom. The van der Waals surface area contributed by atoms with Crippen molar-refractivity contribution in [3.05, 3.63) is 63.5 Å². The molecule has 0 saturated carbocycles. The van der Waals surface area contributed by atoms with Crippen molar-refractivity contribution in [3.63, 3.8) is 0 Å². The van der Waals surface area contributed by atoms with Crippen LogP contribution in [0.1, 0.15) is 23.9 Å². The zero-order chi connectivity index (χ0) is 19.6. The Morgan fingerprint density at radius 1 is 1.22 bits per heavy atom. The van der Waals surface area contributed by atoms with E-state index in [1.165, 1.54) is 0 Å². The number of nitrogens with one attached hydrogen (secondary N) is 1. The molecule has 0 fully saturated rings. The van der Waals surface area contributed by atoms with E-state index in [9.17, 15) is 4.79 Å². The van der Waals surface area contributed by atoms with Gasteiger partial charge in [-0.2, -0.15) is 10.2 Å². The minimum atomic E-state index is -0.280. The SMILES string of the molecule is Cc1nn(CC(C)C(=O)Nc2ccn(Cc3cccc(Cl)c3)n2)c(C)c1Cl. The van der Waals surface area contributed by atoms with Gasteiger partial charge in [-0.3, -0.25) is 14.2 Å². The number of aromatic nitrogens is 4.